The highest BCUT2D eigenvalue weighted by Gasteiger charge is 2.17. The number of amides is 1. The van der Waals surface area contributed by atoms with Crippen molar-refractivity contribution >= 4 is 23.2 Å². The second-order valence-electron chi connectivity index (χ2n) is 4.36. The lowest BCUT2D eigenvalue weighted by molar-refractivity contribution is -0.115. The first kappa shape index (κ1) is 17.3. The largest absolute Gasteiger partial charge is 0.390 e. The van der Waals surface area contributed by atoms with Crippen molar-refractivity contribution in [1.82, 2.24) is 0 Å². The molecule has 21 heavy (non-hydrogen) atoms. The van der Waals surface area contributed by atoms with Gasteiger partial charge in [0.15, 0.2) is 0 Å². The van der Waals surface area contributed by atoms with Gasteiger partial charge in [0.25, 0.3) is 0 Å². The van der Waals surface area contributed by atoms with Crippen LogP contribution >= 0.6 is 11.6 Å². The van der Waals surface area contributed by atoms with E-state index in [0.29, 0.717) is 11.3 Å². The highest BCUT2D eigenvalue weighted by atomic mass is 35.5. The van der Waals surface area contributed by atoms with Gasteiger partial charge < -0.3 is 15.5 Å². The summed E-state index contributed by atoms with van der Waals surface area (Å²) < 4.78 is 0. The van der Waals surface area contributed by atoms with Gasteiger partial charge in [-0.3, -0.25) is 4.79 Å². The molecule has 0 heterocycles. The Morgan fingerprint density at radius 3 is 2.62 bits per heavy atom. The van der Waals surface area contributed by atoms with Crippen LogP contribution in [0.2, 0.25) is 0 Å². The highest BCUT2D eigenvalue weighted by Crippen LogP contribution is 2.21. The zero-order valence-electron chi connectivity index (χ0n) is 11.3. The number of carbonyl (C=O) groups is 1. The molecule has 0 aliphatic rings. The molecule has 0 radical (unpaired) electrons. The van der Waals surface area contributed by atoms with E-state index in [1.807, 2.05) is 0 Å². The van der Waals surface area contributed by atoms with Crippen LogP contribution in [0, 0.1) is 0 Å². The van der Waals surface area contributed by atoms with Gasteiger partial charge in [0.05, 0.1) is 6.10 Å². The molecule has 0 aliphatic heterocycles. The number of aliphatic hydroxyl groups is 2. The lowest BCUT2D eigenvalue weighted by Gasteiger charge is -2.17. The van der Waals surface area contributed by atoms with Gasteiger partial charge in [0, 0.05) is 29.4 Å². The van der Waals surface area contributed by atoms with Crippen LogP contribution in [0.15, 0.2) is 29.4 Å². The van der Waals surface area contributed by atoms with Gasteiger partial charge in [-0.2, -0.15) is 0 Å². The summed E-state index contributed by atoms with van der Waals surface area (Å²) in [4.78, 5) is 13.9. The average Bonchev–Trinajstić information content (AvgIpc) is 2.47. The van der Waals surface area contributed by atoms with Crippen molar-refractivity contribution in [2.45, 2.75) is 25.0 Å². The first-order valence-corrected chi connectivity index (χ1v) is 6.94. The first-order chi connectivity index (χ1) is 10.1. The second kappa shape index (κ2) is 9.20. The number of azide groups is 1. The quantitative estimate of drug-likeness (QED) is 0.296. The Kier molecular flexibility index (Phi) is 7.56. The maximum absolute atomic E-state index is 11.4. The molecule has 2 unspecified atom stereocenters. The van der Waals surface area contributed by atoms with Crippen LogP contribution < -0.4 is 5.32 Å². The van der Waals surface area contributed by atoms with E-state index >= 15 is 0 Å². The number of hydrogen-bond acceptors (Lipinski definition) is 4. The Morgan fingerprint density at radius 1 is 1.38 bits per heavy atom. The molecule has 0 aliphatic carbocycles. The molecular weight excluding hydrogens is 296 g/mol. The van der Waals surface area contributed by atoms with E-state index in [0.717, 1.165) is 0 Å². The number of benzene rings is 1. The van der Waals surface area contributed by atoms with Crippen LogP contribution in [-0.2, 0) is 4.79 Å². The van der Waals surface area contributed by atoms with Crippen LogP contribution in [0.4, 0.5) is 5.69 Å². The van der Waals surface area contributed by atoms with Crippen molar-refractivity contribution < 1.29 is 15.0 Å². The number of halogens is 1. The summed E-state index contributed by atoms with van der Waals surface area (Å²) in [6, 6.07) is 6.48. The van der Waals surface area contributed by atoms with Gasteiger partial charge in [-0.05, 0) is 29.6 Å². The van der Waals surface area contributed by atoms with E-state index in [2.05, 4.69) is 15.3 Å². The number of anilines is 1. The first-order valence-electron chi connectivity index (χ1n) is 6.41. The fourth-order valence-electron chi connectivity index (χ4n) is 1.69. The molecule has 114 valence electrons. The van der Waals surface area contributed by atoms with E-state index in [1.165, 1.54) is 0 Å². The van der Waals surface area contributed by atoms with Crippen LogP contribution in [-0.4, -0.2) is 34.6 Å². The van der Waals surface area contributed by atoms with Crippen molar-refractivity contribution in [3.8, 4) is 0 Å². The Labute approximate surface area is 127 Å². The Morgan fingerprint density at radius 2 is 2.05 bits per heavy atom. The number of aliphatic hydroxyl groups excluding tert-OH is 2. The normalized spacial score (nSPS) is 13.1. The molecule has 0 saturated heterocycles. The molecular formula is C13H17ClN4O3. The Bertz CT molecular complexity index is 503. The molecule has 1 aromatic rings. The van der Waals surface area contributed by atoms with Gasteiger partial charge in [-0.15, -0.1) is 11.6 Å². The van der Waals surface area contributed by atoms with E-state index in [1.54, 1.807) is 24.3 Å². The summed E-state index contributed by atoms with van der Waals surface area (Å²) in [6.45, 7) is 0.112. The van der Waals surface area contributed by atoms with Gasteiger partial charge in [0.1, 0.15) is 6.10 Å². The predicted molar refractivity (Wildman–Crippen MR) is 80.0 cm³/mol. The molecule has 0 bridgehead atoms. The summed E-state index contributed by atoms with van der Waals surface area (Å²) >= 11 is 5.46. The third-order valence-electron chi connectivity index (χ3n) is 2.81. The third kappa shape index (κ3) is 6.01. The number of nitrogens with zero attached hydrogens (tertiary/aromatic N) is 3. The molecule has 0 fully saturated rings. The highest BCUT2D eigenvalue weighted by molar-refractivity contribution is 6.19. The Balaban J connectivity index is 2.59. The maximum Gasteiger partial charge on any atom is 0.225 e. The van der Waals surface area contributed by atoms with Crippen molar-refractivity contribution in [1.29, 1.82) is 0 Å². The number of carbonyl (C=O) groups excluding carboxylic acids is 1. The van der Waals surface area contributed by atoms with E-state index in [4.69, 9.17) is 17.1 Å². The fraction of sp³-hybridized carbons (Fsp3) is 0.462. The molecule has 1 amide bonds. The SMILES string of the molecule is [N-]=[N+]=NCCC(O)C(O)c1ccc(NC(=O)CCCl)cc1. The number of nitrogens with one attached hydrogen (secondary N) is 1. The van der Waals surface area contributed by atoms with Gasteiger partial charge in [-0.1, -0.05) is 17.2 Å². The molecule has 1 aromatic carbocycles. The minimum absolute atomic E-state index is 0.112. The number of alkyl halides is 1. The maximum atomic E-state index is 11.4. The molecule has 8 heteroatoms. The van der Waals surface area contributed by atoms with Crippen molar-refractivity contribution in [2.24, 2.45) is 5.11 Å². The fourth-order valence-corrected chi connectivity index (χ4v) is 1.86. The van der Waals surface area contributed by atoms with Crippen LogP contribution in [0.3, 0.4) is 0 Å². The molecule has 3 N–H and O–H groups in total. The summed E-state index contributed by atoms with van der Waals surface area (Å²) in [5.41, 5.74) is 9.25. The summed E-state index contributed by atoms with van der Waals surface area (Å²) in [7, 11) is 0. The summed E-state index contributed by atoms with van der Waals surface area (Å²) in [6.07, 6.45) is -1.71. The number of rotatable bonds is 8. The van der Waals surface area contributed by atoms with Crippen LogP contribution in [0.25, 0.3) is 10.4 Å². The molecule has 0 aromatic heterocycles. The summed E-state index contributed by atoms with van der Waals surface area (Å²) in [5, 5.41) is 25.7. The van der Waals surface area contributed by atoms with Crippen molar-refractivity contribution in [2.75, 3.05) is 17.7 Å². The van der Waals surface area contributed by atoms with E-state index in [-0.39, 0.29) is 31.2 Å². The lowest BCUT2D eigenvalue weighted by atomic mass is 10.0. The lowest BCUT2D eigenvalue weighted by Crippen LogP contribution is -2.19. The third-order valence-corrected chi connectivity index (χ3v) is 3.00. The minimum atomic E-state index is -1.08. The van der Waals surface area contributed by atoms with Gasteiger partial charge >= 0.3 is 0 Å². The van der Waals surface area contributed by atoms with Crippen molar-refractivity contribution in [3.05, 3.63) is 40.3 Å². The zero-order chi connectivity index (χ0) is 15.7. The second-order valence-corrected chi connectivity index (χ2v) is 4.74. The summed E-state index contributed by atoms with van der Waals surface area (Å²) in [5.74, 6) is 0.0627. The Hall–Kier alpha value is -1.79. The van der Waals surface area contributed by atoms with Crippen LogP contribution in [0.1, 0.15) is 24.5 Å². The standard InChI is InChI=1S/C13H17ClN4O3/c14-7-5-12(20)17-10-3-1-9(2-4-10)13(21)11(19)6-8-16-18-15/h1-4,11,13,19,21H,5-8H2,(H,17,20). The van der Waals surface area contributed by atoms with E-state index < -0.39 is 12.2 Å². The number of hydrogen-bond donors (Lipinski definition) is 3. The van der Waals surface area contributed by atoms with Crippen LogP contribution in [0.5, 0.6) is 0 Å². The van der Waals surface area contributed by atoms with Crippen molar-refractivity contribution in [3.63, 3.8) is 0 Å². The molecule has 1 rings (SSSR count). The zero-order valence-corrected chi connectivity index (χ0v) is 12.1. The minimum Gasteiger partial charge on any atom is -0.390 e. The molecule has 2 atom stereocenters. The van der Waals surface area contributed by atoms with Gasteiger partial charge in [-0.25, -0.2) is 0 Å². The predicted octanol–water partition coefficient (Wildman–Crippen LogP) is 2.35. The monoisotopic (exact) mass is 312 g/mol. The molecule has 0 saturated carbocycles. The topological polar surface area (TPSA) is 118 Å². The molecule has 7 nitrogen and oxygen atoms in total. The van der Waals surface area contributed by atoms with Gasteiger partial charge in [0.2, 0.25) is 5.91 Å². The smallest absolute Gasteiger partial charge is 0.225 e. The molecule has 0 spiro atoms. The van der Waals surface area contributed by atoms with E-state index in [9.17, 15) is 15.0 Å². The average molecular weight is 313 g/mol.